The van der Waals surface area contributed by atoms with Gasteiger partial charge in [-0.2, -0.15) is 0 Å². The number of ether oxygens (including phenoxy) is 1. The Kier molecular flexibility index (Phi) is 18.4. The number of hydrogen-bond donors (Lipinski definition) is 1. The number of amides is 1. The van der Waals surface area contributed by atoms with E-state index in [4.69, 9.17) is 27.9 Å². The van der Waals surface area contributed by atoms with Crippen molar-refractivity contribution in [2.24, 2.45) is 0 Å². The van der Waals surface area contributed by atoms with Gasteiger partial charge in [-0.25, -0.2) is 14.8 Å². The molecule has 362 valence electrons. The lowest BCUT2D eigenvalue weighted by molar-refractivity contribution is 0.0592. The largest absolute Gasteiger partial charge is 0.464 e. The van der Waals surface area contributed by atoms with E-state index in [1.54, 1.807) is 6.07 Å². The average molecular weight is 955 g/mol. The number of pyridine rings is 2. The molecule has 1 amide bonds. The molecule has 0 spiro atoms. The molecule has 2 aromatic heterocycles. The van der Waals surface area contributed by atoms with Crippen LogP contribution in [0.1, 0.15) is 103 Å². The summed E-state index contributed by atoms with van der Waals surface area (Å²) in [5.41, 5.74) is 7.64. The van der Waals surface area contributed by atoms with E-state index >= 15 is 0 Å². The number of methoxy groups -OCH3 is 1. The standard InChI is InChI=1S/C27H38ClN5O.C26H35ClN4O2/c1-4-23-19-32(26-11-10-25(30-20(26)3)27(34)29-5-2)16-17-33(23)24-12-14-31(15-13-24)18-21-6-8-22(28)9-7-21;1-4-22-18-30(25-10-9-24(26(32)33-3)28-19(25)2)15-16-31(22)23-11-13-29(14-12-23)17-20-5-7-21(27)8-6-20/h6-11,23-24H,4-5,12-19H2,1-3H3,(H,29,34);5-10,22-23H,4,11-18H2,1-3H3/t23-;22-/m00/s1. The molecule has 4 aromatic rings. The summed E-state index contributed by atoms with van der Waals surface area (Å²) in [5.74, 6) is -0.487. The SMILES string of the molecule is CCNC(=O)c1ccc(N2CCN(C3CCN(Cc4ccc(Cl)cc4)CC3)[C@@H](CC)C2)c(C)n1.CC[C@H]1CN(c2ccc(C(=O)OC)nc2C)CCN1C1CCN(Cc2ccc(Cl)cc2)CC1. The fraction of sp³-hybridized carbons (Fsp3) is 0.547. The third-order valence-electron chi connectivity index (χ3n) is 14.5. The van der Waals surface area contributed by atoms with Gasteiger partial charge in [0.25, 0.3) is 5.91 Å². The van der Waals surface area contributed by atoms with Crippen LogP contribution in [0.15, 0.2) is 72.8 Å². The Bertz CT molecular complexity index is 2210. The molecule has 14 heteroatoms. The van der Waals surface area contributed by atoms with Crippen LogP contribution in [0.5, 0.6) is 0 Å². The van der Waals surface area contributed by atoms with Gasteiger partial charge in [-0.1, -0.05) is 61.3 Å². The van der Waals surface area contributed by atoms with Gasteiger partial charge in [-0.15, -0.1) is 0 Å². The first-order valence-electron chi connectivity index (χ1n) is 24.7. The highest BCUT2D eigenvalue weighted by molar-refractivity contribution is 6.30. The number of benzene rings is 2. The first-order valence-corrected chi connectivity index (χ1v) is 25.5. The number of carbonyl (C=O) groups excluding carboxylic acids is 2. The summed E-state index contributed by atoms with van der Waals surface area (Å²) in [6, 6.07) is 26.6. The highest BCUT2D eigenvalue weighted by atomic mass is 35.5. The quantitative estimate of drug-likeness (QED) is 0.130. The monoisotopic (exact) mass is 954 g/mol. The Morgan fingerprint density at radius 3 is 1.40 bits per heavy atom. The summed E-state index contributed by atoms with van der Waals surface area (Å²) < 4.78 is 4.81. The van der Waals surface area contributed by atoms with Crippen molar-refractivity contribution in [2.75, 3.05) is 88.9 Å². The molecule has 0 aliphatic carbocycles. The average Bonchev–Trinajstić information content (AvgIpc) is 3.35. The van der Waals surface area contributed by atoms with Crippen LogP contribution in [0.25, 0.3) is 0 Å². The minimum Gasteiger partial charge on any atom is -0.464 e. The number of piperidine rings is 2. The second kappa shape index (κ2) is 24.3. The predicted molar refractivity (Wildman–Crippen MR) is 273 cm³/mol. The molecule has 4 aliphatic heterocycles. The van der Waals surface area contributed by atoms with Crippen LogP contribution in [0, 0.1) is 13.8 Å². The molecule has 1 N–H and O–H groups in total. The zero-order valence-corrected chi connectivity index (χ0v) is 42.2. The van der Waals surface area contributed by atoms with E-state index in [-0.39, 0.29) is 11.9 Å². The van der Waals surface area contributed by atoms with Crippen molar-refractivity contribution in [2.45, 2.75) is 110 Å². The van der Waals surface area contributed by atoms with E-state index in [2.05, 4.69) is 88.9 Å². The van der Waals surface area contributed by atoms with Crippen molar-refractivity contribution in [3.05, 3.63) is 117 Å². The number of anilines is 2. The van der Waals surface area contributed by atoms with Crippen molar-refractivity contribution in [1.29, 1.82) is 0 Å². The number of aryl methyl sites for hydroxylation is 2. The number of rotatable bonds is 13. The van der Waals surface area contributed by atoms with Gasteiger partial charge < -0.3 is 19.9 Å². The van der Waals surface area contributed by atoms with Gasteiger partial charge in [0, 0.05) is 93.1 Å². The van der Waals surface area contributed by atoms with Crippen LogP contribution in [-0.4, -0.2) is 145 Å². The van der Waals surface area contributed by atoms with Crippen LogP contribution in [0.4, 0.5) is 11.4 Å². The molecule has 12 nitrogen and oxygen atoms in total. The maximum absolute atomic E-state index is 12.1. The molecular formula is C53H73Cl2N9O3. The molecular weight excluding hydrogens is 882 g/mol. The van der Waals surface area contributed by atoms with Crippen LogP contribution in [0.2, 0.25) is 10.0 Å². The molecule has 67 heavy (non-hydrogen) atoms. The second-order valence-electron chi connectivity index (χ2n) is 18.7. The Morgan fingerprint density at radius 2 is 1.01 bits per heavy atom. The third-order valence-corrected chi connectivity index (χ3v) is 15.0. The molecule has 4 saturated heterocycles. The summed E-state index contributed by atoms with van der Waals surface area (Å²) in [6.07, 6.45) is 7.17. The topological polar surface area (TPSA) is 101 Å². The third kappa shape index (κ3) is 13.3. The molecule has 4 aliphatic rings. The Balaban J connectivity index is 0.000000199. The van der Waals surface area contributed by atoms with Crippen LogP contribution < -0.4 is 15.1 Å². The molecule has 8 rings (SSSR count). The number of aromatic nitrogens is 2. The number of nitrogens with one attached hydrogen (secondary N) is 1. The Morgan fingerprint density at radius 1 is 0.597 bits per heavy atom. The van der Waals surface area contributed by atoms with Crippen LogP contribution >= 0.6 is 23.2 Å². The number of halogens is 2. The van der Waals surface area contributed by atoms with Gasteiger partial charge in [-0.05, 0) is 145 Å². The lowest BCUT2D eigenvalue weighted by atomic mass is 9.97. The van der Waals surface area contributed by atoms with Gasteiger partial charge >= 0.3 is 5.97 Å². The zero-order valence-electron chi connectivity index (χ0n) is 40.7. The maximum Gasteiger partial charge on any atom is 0.356 e. The maximum atomic E-state index is 12.1. The van der Waals surface area contributed by atoms with Gasteiger partial charge in [0.1, 0.15) is 11.4 Å². The van der Waals surface area contributed by atoms with Crippen molar-refractivity contribution >= 4 is 46.5 Å². The minimum absolute atomic E-state index is 0.101. The zero-order chi connectivity index (χ0) is 47.5. The van der Waals surface area contributed by atoms with Crippen molar-refractivity contribution in [1.82, 2.24) is 34.9 Å². The molecule has 4 fully saturated rings. The molecule has 0 bridgehead atoms. The number of piperazine rings is 2. The first-order chi connectivity index (χ1) is 32.5. The summed E-state index contributed by atoms with van der Waals surface area (Å²) in [6.45, 7) is 23.9. The smallest absolute Gasteiger partial charge is 0.356 e. The van der Waals surface area contributed by atoms with Crippen LogP contribution in [0.3, 0.4) is 0 Å². The summed E-state index contributed by atoms with van der Waals surface area (Å²) in [4.78, 5) is 48.6. The number of esters is 1. The number of carbonyl (C=O) groups is 2. The molecule has 2 aromatic carbocycles. The molecule has 2 atom stereocenters. The Hall–Kier alpha value is -4.30. The minimum atomic E-state index is -0.386. The molecule has 0 radical (unpaired) electrons. The van der Waals surface area contributed by atoms with E-state index in [0.717, 1.165) is 124 Å². The first kappa shape index (κ1) is 50.6. The van der Waals surface area contributed by atoms with Gasteiger partial charge in [0.2, 0.25) is 0 Å². The fourth-order valence-electron chi connectivity index (χ4n) is 10.8. The van der Waals surface area contributed by atoms with Crippen molar-refractivity contribution in [3.8, 4) is 0 Å². The van der Waals surface area contributed by atoms with Gasteiger partial charge in [0.05, 0.1) is 29.9 Å². The summed E-state index contributed by atoms with van der Waals surface area (Å²) in [7, 11) is 1.39. The molecule has 0 saturated carbocycles. The Labute approximate surface area is 409 Å². The predicted octanol–water partition coefficient (Wildman–Crippen LogP) is 8.75. The fourth-order valence-corrected chi connectivity index (χ4v) is 11.0. The number of likely N-dealkylation sites (tertiary alicyclic amines) is 2. The van der Waals surface area contributed by atoms with E-state index in [0.29, 0.717) is 42.1 Å². The van der Waals surface area contributed by atoms with E-state index < -0.39 is 0 Å². The molecule has 0 unspecified atom stereocenters. The van der Waals surface area contributed by atoms with E-state index in [1.807, 2.05) is 57.2 Å². The normalized spacial score (nSPS) is 20.6. The second-order valence-corrected chi connectivity index (χ2v) is 19.6. The number of hydrogen-bond acceptors (Lipinski definition) is 11. The van der Waals surface area contributed by atoms with Crippen molar-refractivity contribution in [3.63, 3.8) is 0 Å². The molecule has 6 heterocycles. The van der Waals surface area contributed by atoms with Crippen LogP contribution in [-0.2, 0) is 17.8 Å². The summed E-state index contributed by atoms with van der Waals surface area (Å²) >= 11 is 12.1. The van der Waals surface area contributed by atoms with Gasteiger partial charge in [-0.3, -0.25) is 24.4 Å². The lowest BCUT2D eigenvalue weighted by Gasteiger charge is -2.48. The van der Waals surface area contributed by atoms with E-state index in [1.165, 1.54) is 43.9 Å². The van der Waals surface area contributed by atoms with Gasteiger partial charge in [0.15, 0.2) is 0 Å². The summed E-state index contributed by atoms with van der Waals surface area (Å²) in [5, 5.41) is 4.44. The van der Waals surface area contributed by atoms with E-state index in [9.17, 15) is 9.59 Å². The highest BCUT2D eigenvalue weighted by Crippen LogP contribution is 2.30. The number of nitrogens with zero attached hydrogens (tertiary/aromatic N) is 8. The lowest BCUT2D eigenvalue weighted by Crippen LogP contribution is -2.58. The highest BCUT2D eigenvalue weighted by Gasteiger charge is 2.35. The van der Waals surface area contributed by atoms with Crippen molar-refractivity contribution < 1.29 is 14.3 Å².